The fraction of sp³-hybridized carbons (Fsp3) is 0.536. The van der Waals surface area contributed by atoms with Crippen molar-refractivity contribution >= 4 is 47.3 Å². The first kappa shape index (κ1) is 30.2. The number of likely N-dealkylation sites (tertiary alicyclic amines) is 1. The van der Waals surface area contributed by atoms with Gasteiger partial charge in [0.15, 0.2) is 5.82 Å². The summed E-state index contributed by atoms with van der Waals surface area (Å²) in [7, 11) is 0. The molecule has 41 heavy (non-hydrogen) atoms. The van der Waals surface area contributed by atoms with E-state index in [4.69, 9.17) is 14.5 Å². The molecule has 13 heteroatoms. The van der Waals surface area contributed by atoms with E-state index in [0.29, 0.717) is 74.1 Å². The summed E-state index contributed by atoms with van der Waals surface area (Å²) in [5.74, 6) is 2.56. The predicted octanol–water partition coefficient (Wildman–Crippen LogP) is 4.28. The van der Waals surface area contributed by atoms with E-state index in [2.05, 4.69) is 10.3 Å². The first-order valence-electron chi connectivity index (χ1n) is 14.2. The molecule has 3 amide bonds. The Labute approximate surface area is 245 Å². The van der Waals surface area contributed by atoms with E-state index in [9.17, 15) is 14.4 Å². The molecular formula is C28H39N7O5S. The maximum atomic E-state index is 13.3. The summed E-state index contributed by atoms with van der Waals surface area (Å²) in [6, 6.07) is 5.43. The molecule has 12 nitrogen and oxygen atoms in total. The summed E-state index contributed by atoms with van der Waals surface area (Å²) in [5, 5.41) is 3.16. The molecule has 0 unspecified atom stereocenters. The lowest BCUT2D eigenvalue weighted by Crippen LogP contribution is -2.43. The van der Waals surface area contributed by atoms with Crippen molar-refractivity contribution < 1.29 is 23.9 Å². The number of hydrogen-bond acceptors (Lipinski definition) is 10. The van der Waals surface area contributed by atoms with Gasteiger partial charge >= 0.3 is 18.1 Å². The van der Waals surface area contributed by atoms with Crippen LogP contribution in [0, 0.1) is 0 Å². The molecular weight excluding hydrogens is 546 g/mol. The fourth-order valence-corrected chi connectivity index (χ4v) is 5.52. The zero-order valence-electron chi connectivity index (χ0n) is 24.2. The van der Waals surface area contributed by atoms with Crippen LogP contribution in [0.2, 0.25) is 0 Å². The summed E-state index contributed by atoms with van der Waals surface area (Å²) in [4.78, 5) is 54.9. The van der Waals surface area contributed by atoms with Gasteiger partial charge in [-0.15, -0.1) is 11.8 Å². The van der Waals surface area contributed by atoms with Crippen molar-refractivity contribution in [2.45, 2.75) is 46.6 Å². The molecule has 222 valence electrons. The highest BCUT2D eigenvalue weighted by molar-refractivity contribution is 7.99. The number of nitrogens with zero attached hydrogens (tertiary/aromatic N) is 6. The molecule has 2 aromatic rings. The molecule has 0 bridgehead atoms. The monoisotopic (exact) mass is 585 g/mol. The maximum Gasteiger partial charge on any atom is 0.415 e. The number of aromatic nitrogens is 2. The van der Waals surface area contributed by atoms with Gasteiger partial charge in [-0.1, -0.05) is 0 Å². The van der Waals surface area contributed by atoms with E-state index in [1.807, 2.05) is 25.7 Å². The summed E-state index contributed by atoms with van der Waals surface area (Å²) < 4.78 is 11.0. The van der Waals surface area contributed by atoms with Gasteiger partial charge in [0, 0.05) is 45.0 Å². The van der Waals surface area contributed by atoms with Crippen molar-refractivity contribution in [2.75, 3.05) is 66.0 Å². The first-order valence-corrected chi connectivity index (χ1v) is 15.3. The van der Waals surface area contributed by atoms with Crippen LogP contribution in [0.1, 0.15) is 40.5 Å². The third-order valence-electron chi connectivity index (χ3n) is 6.98. The highest BCUT2D eigenvalue weighted by Gasteiger charge is 2.28. The summed E-state index contributed by atoms with van der Waals surface area (Å²) >= 11 is 1.71. The number of esters is 1. The van der Waals surface area contributed by atoms with Crippen LogP contribution in [0.5, 0.6) is 11.5 Å². The quantitative estimate of drug-likeness (QED) is 0.320. The van der Waals surface area contributed by atoms with Gasteiger partial charge in [-0.05, 0) is 64.8 Å². The van der Waals surface area contributed by atoms with Gasteiger partial charge in [-0.3, -0.25) is 4.90 Å². The molecule has 1 aromatic carbocycles. The topological polar surface area (TPSA) is 120 Å². The van der Waals surface area contributed by atoms with Gasteiger partial charge in [0.1, 0.15) is 23.2 Å². The largest absolute Gasteiger partial charge is 0.425 e. The number of carbonyl (C=O) groups excluding carboxylic acids is 3. The minimum Gasteiger partial charge on any atom is -0.425 e. The molecule has 2 aliphatic rings. The average molecular weight is 586 g/mol. The third kappa shape index (κ3) is 7.51. The fourth-order valence-electron chi connectivity index (χ4n) is 4.58. The van der Waals surface area contributed by atoms with Crippen LogP contribution in [0.25, 0.3) is 0 Å². The summed E-state index contributed by atoms with van der Waals surface area (Å²) in [5.41, 5.74) is 0.495. The molecule has 1 N–H and O–H groups in total. The molecule has 3 heterocycles. The Morgan fingerprint density at radius 3 is 2.22 bits per heavy atom. The lowest BCUT2D eigenvalue weighted by molar-refractivity contribution is -0.134. The van der Waals surface area contributed by atoms with Crippen molar-refractivity contribution in [1.29, 1.82) is 0 Å². The van der Waals surface area contributed by atoms with Gasteiger partial charge in [-0.2, -0.15) is 4.98 Å². The molecule has 0 radical (unpaired) electrons. The summed E-state index contributed by atoms with van der Waals surface area (Å²) in [6.07, 6.45) is 3.22. The lowest BCUT2D eigenvalue weighted by atomic mass is 10.3. The first-order chi connectivity index (χ1) is 19.8. The normalized spacial score (nSPS) is 15.4. The molecule has 1 atom stereocenters. The Balaban J connectivity index is 1.47. The molecule has 2 saturated heterocycles. The smallest absolute Gasteiger partial charge is 0.415 e. The van der Waals surface area contributed by atoms with E-state index in [1.54, 1.807) is 63.8 Å². The molecule has 1 aromatic heterocycles. The second kappa shape index (κ2) is 14.2. The number of urea groups is 1. The van der Waals surface area contributed by atoms with Crippen LogP contribution in [-0.4, -0.2) is 94.8 Å². The molecule has 2 aliphatic heterocycles. The van der Waals surface area contributed by atoms with Crippen LogP contribution in [0.3, 0.4) is 0 Å². The highest BCUT2D eigenvalue weighted by Crippen LogP contribution is 2.29. The van der Waals surface area contributed by atoms with Crippen molar-refractivity contribution in [1.82, 2.24) is 19.8 Å². The van der Waals surface area contributed by atoms with E-state index >= 15 is 0 Å². The predicted molar refractivity (Wildman–Crippen MR) is 160 cm³/mol. The van der Waals surface area contributed by atoms with Crippen LogP contribution in [-0.2, 0) is 4.79 Å². The number of thioether (sulfide) groups is 1. The Bertz CT molecular complexity index is 1200. The van der Waals surface area contributed by atoms with Crippen molar-refractivity contribution in [3.8, 4) is 11.5 Å². The third-order valence-corrected chi connectivity index (χ3v) is 7.95. The minimum absolute atomic E-state index is 0.125. The van der Waals surface area contributed by atoms with Gasteiger partial charge in [0.05, 0.1) is 12.1 Å². The van der Waals surface area contributed by atoms with E-state index in [0.717, 1.165) is 18.6 Å². The maximum absolute atomic E-state index is 13.3. The zero-order chi connectivity index (χ0) is 29.4. The van der Waals surface area contributed by atoms with Crippen LogP contribution < -0.4 is 24.6 Å². The molecule has 0 saturated carbocycles. The SMILES string of the molecule is CCN(CC)c1ncc(N(CC)C(=O)N2CCSC2)c(N[C@@H](C)C(=O)Oc2ccc(OC(=O)N3CCCC3)cc2)n1. The minimum atomic E-state index is -0.794. The van der Waals surface area contributed by atoms with E-state index < -0.39 is 12.0 Å². The summed E-state index contributed by atoms with van der Waals surface area (Å²) in [6.45, 7) is 11.5. The lowest BCUT2D eigenvalue weighted by Gasteiger charge is -2.29. The number of amides is 3. The molecule has 2 fully saturated rings. The standard InChI is InChI=1S/C28H39N7O5S/c1-5-32(6-2)26-29-18-23(35(7-3)27(37)34-16-17-41-19-34)24(31-26)30-20(4)25(36)39-21-10-12-22(13-11-21)40-28(38)33-14-8-9-15-33/h10-13,18,20H,5-9,14-17,19H2,1-4H3,(H,29,30,31)/t20-/m0/s1. The van der Waals surface area contributed by atoms with Gasteiger partial charge in [0.25, 0.3) is 0 Å². The molecule has 0 aliphatic carbocycles. The number of benzene rings is 1. The Hall–Kier alpha value is -3.74. The number of hydrogen-bond donors (Lipinski definition) is 1. The van der Waals surface area contributed by atoms with Crippen LogP contribution in [0.4, 0.5) is 27.0 Å². The number of ether oxygens (including phenoxy) is 2. The Kier molecular flexibility index (Phi) is 10.5. The van der Waals surface area contributed by atoms with Gasteiger partial charge in [-0.25, -0.2) is 19.4 Å². The van der Waals surface area contributed by atoms with Crippen LogP contribution in [0.15, 0.2) is 30.5 Å². The highest BCUT2D eigenvalue weighted by atomic mass is 32.2. The number of rotatable bonds is 10. The second-order valence-corrected chi connectivity index (χ2v) is 10.8. The number of anilines is 3. The molecule has 0 spiro atoms. The Morgan fingerprint density at radius 1 is 0.976 bits per heavy atom. The molecule has 4 rings (SSSR count). The zero-order valence-corrected chi connectivity index (χ0v) is 25.0. The van der Waals surface area contributed by atoms with Gasteiger partial charge in [0.2, 0.25) is 5.95 Å². The number of carbonyl (C=O) groups is 3. The Morgan fingerprint density at radius 2 is 1.63 bits per heavy atom. The van der Waals surface area contributed by atoms with Crippen molar-refractivity contribution in [2.24, 2.45) is 0 Å². The van der Waals surface area contributed by atoms with E-state index in [-0.39, 0.29) is 12.1 Å². The van der Waals surface area contributed by atoms with Crippen LogP contribution >= 0.6 is 11.8 Å². The van der Waals surface area contributed by atoms with E-state index in [1.165, 1.54) is 0 Å². The average Bonchev–Trinajstić information content (AvgIpc) is 3.71. The number of nitrogens with one attached hydrogen (secondary N) is 1. The van der Waals surface area contributed by atoms with Gasteiger partial charge < -0.3 is 29.5 Å². The van der Waals surface area contributed by atoms with Crippen molar-refractivity contribution in [3.63, 3.8) is 0 Å². The van der Waals surface area contributed by atoms with Crippen molar-refractivity contribution in [3.05, 3.63) is 30.5 Å². The second-order valence-electron chi connectivity index (χ2n) is 9.72.